The Morgan fingerprint density at radius 2 is 1.46 bits per heavy atom. The van der Waals surface area contributed by atoms with Crippen molar-refractivity contribution in [2.45, 2.75) is 39.3 Å². The number of nitrogens with zero attached hydrogens (tertiary/aromatic N) is 1. The number of carbonyl (C=O) groups excluding carboxylic acids is 2. The molecule has 0 bridgehead atoms. The zero-order valence-electron chi connectivity index (χ0n) is 21.6. The molecule has 4 aromatic rings. The van der Waals surface area contributed by atoms with Crippen LogP contribution in [-0.2, 0) is 11.3 Å². The predicted molar refractivity (Wildman–Crippen MR) is 135 cm³/mol. The van der Waals surface area contributed by atoms with E-state index < -0.39 is 23.7 Å². The Labute approximate surface area is 222 Å². The van der Waals surface area contributed by atoms with E-state index in [1.54, 1.807) is 60.0 Å². The van der Waals surface area contributed by atoms with Crippen molar-refractivity contribution in [3.63, 3.8) is 0 Å². The Bertz CT molecular complexity index is 1520. The number of rotatable bonds is 9. The average molecular weight is 541 g/mol. The first-order valence-electron chi connectivity index (χ1n) is 11.9. The Kier molecular flexibility index (Phi) is 7.32. The molecular weight excluding hydrogens is 515 g/mol. The van der Waals surface area contributed by atoms with Gasteiger partial charge in [0.15, 0.2) is 5.78 Å². The van der Waals surface area contributed by atoms with Crippen LogP contribution in [0.5, 0.6) is 17.2 Å². The number of aromatic nitrogens is 1. The number of alkyl halides is 3. The van der Waals surface area contributed by atoms with Gasteiger partial charge in [0.1, 0.15) is 22.8 Å². The van der Waals surface area contributed by atoms with Gasteiger partial charge in [-0.15, -0.1) is 13.2 Å². The van der Waals surface area contributed by atoms with E-state index in [2.05, 4.69) is 4.74 Å². The fourth-order valence-electron chi connectivity index (χ4n) is 4.21. The molecular formula is C29H25F3NO6-. The molecule has 0 amide bonds. The highest BCUT2D eigenvalue weighted by atomic mass is 19.4. The maximum absolute atomic E-state index is 13.6. The van der Waals surface area contributed by atoms with E-state index in [1.165, 1.54) is 39.2 Å². The zero-order valence-corrected chi connectivity index (χ0v) is 21.6. The molecule has 7 nitrogen and oxygen atoms in total. The van der Waals surface area contributed by atoms with Crippen molar-refractivity contribution in [3.8, 4) is 17.2 Å². The summed E-state index contributed by atoms with van der Waals surface area (Å²) in [7, 11) is 1.51. The van der Waals surface area contributed by atoms with Crippen molar-refractivity contribution in [1.29, 1.82) is 0 Å². The maximum Gasteiger partial charge on any atom is 0.573 e. The van der Waals surface area contributed by atoms with Crippen LogP contribution < -0.4 is 19.3 Å². The number of carbonyl (C=O) groups is 2. The van der Waals surface area contributed by atoms with E-state index in [1.807, 2.05) is 0 Å². The largest absolute Gasteiger partial charge is 0.573 e. The van der Waals surface area contributed by atoms with Crippen LogP contribution in [0, 0.1) is 6.92 Å². The summed E-state index contributed by atoms with van der Waals surface area (Å²) in [6, 6.07) is 17.0. The average Bonchev–Trinajstić information content (AvgIpc) is 3.14. The van der Waals surface area contributed by atoms with Crippen molar-refractivity contribution >= 4 is 22.7 Å². The molecule has 0 saturated heterocycles. The highest BCUT2D eigenvalue weighted by molar-refractivity contribution is 6.17. The van der Waals surface area contributed by atoms with Gasteiger partial charge >= 0.3 is 6.36 Å². The van der Waals surface area contributed by atoms with Gasteiger partial charge < -0.3 is 28.7 Å². The van der Waals surface area contributed by atoms with Gasteiger partial charge in [-0.1, -0.05) is 12.1 Å². The second-order valence-corrected chi connectivity index (χ2v) is 9.37. The first kappa shape index (κ1) is 27.6. The molecule has 1 heterocycles. The molecule has 0 aliphatic heterocycles. The van der Waals surface area contributed by atoms with Crippen molar-refractivity contribution in [2.75, 3.05) is 7.11 Å². The standard InChI is InChI=1S/C29H26F3NO6/c1-17-25(26(34)19-7-11-20(37-4)12-8-19)23-14-13-22(39-29(30,31)32)15-24(23)33(17)16-18-5-9-21(10-6-18)38-28(2,3)27(35)36/h5-15H,16H2,1-4H3,(H,35,36)/p-1. The van der Waals surface area contributed by atoms with Crippen LogP contribution in [0.15, 0.2) is 66.7 Å². The number of halogens is 3. The summed E-state index contributed by atoms with van der Waals surface area (Å²) in [5.74, 6) is -1.19. The van der Waals surface area contributed by atoms with Crippen molar-refractivity contribution in [1.82, 2.24) is 4.57 Å². The normalized spacial score (nSPS) is 11.9. The van der Waals surface area contributed by atoms with Gasteiger partial charge in [-0.3, -0.25) is 4.79 Å². The molecule has 0 atom stereocenters. The van der Waals surface area contributed by atoms with Gasteiger partial charge in [-0.25, -0.2) is 0 Å². The molecule has 0 N–H and O–H groups in total. The molecule has 10 heteroatoms. The van der Waals surface area contributed by atoms with E-state index in [4.69, 9.17) is 9.47 Å². The minimum atomic E-state index is -4.88. The fraction of sp³-hybridized carbons (Fsp3) is 0.241. The van der Waals surface area contributed by atoms with Crippen molar-refractivity contribution < 1.29 is 42.1 Å². The Balaban J connectivity index is 1.76. The zero-order chi connectivity index (χ0) is 28.5. The van der Waals surface area contributed by atoms with E-state index in [0.29, 0.717) is 39.2 Å². The lowest BCUT2D eigenvalue weighted by Gasteiger charge is -2.27. The second kappa shape index (κ2) is 10.4. The molecule has 0 saturated carbocycles. The third-order valence-corrected chi connectivity index (χ3v) is 6.24. The van der Waals surface area contributed by atoms with Crippen molar-refractivity contribution in [2.24, 2.45) is 0 Å². The highest BCUT2D eigenvalue weighted by Gasteiger charge is 2.32. The summed E-state index contributed by atoms with van der Waals surface area (Å²) in [5, 5.41) is 11.7. The lowest BCUT2D eigenvalue weighted by atomic mass is 10.0. The first-order valence-corrected chi connectivity index (χ1v) is 11.9. The number of fused-ring (bicyclic) bond motifs is 1. The highest BCUT2D eigenvalue weighted by Crippen LogP contribution is 2.34. The molecule has 0 unspecified atom stereocenters. The summed E-state index contributed by atoms with van der Waals surface area (Å²) in [4.78, 5) is 24.8. The van der Waals surface area contributed by atoms with Crippen LogP contribution >= 0.6 is 0 Å². The van der Waals surface area contributed by atoms with Gasteiger partial charge in [0, 0.05) is 29.3 Å². The van der Waals surface area contributed by atoms with Gasteiger partial charge in [0.25, 0.3) is 0 Å². The maximum atomic E-state index is 13.6. The second-order valence-electron chi connectivity index (χ2n) is 9.37. The van der Waals surface area contributed by atoms with Gasteiger partial charge in [-0.2, -0.15) is 0 Å². The Morgan fingerprint density at radius 1 is 0.872 bits per heavy atom. The van der Waals surface area contributed by atoms with Gasteiger partial charge in [0.2, 0.25) is 0 Å². The third-order valence-electron chi connectivity index (χ3n) is 6.24. The quantitative estimate of drug-likeness (QED) is 0.276. The molecule has 0 aliphatic rings. The lowest BCUT2D eigenvalue weighted by molar-refractivity contribution is -0.320. The third kappa shape index (κ3) is 6.00. The van der Waals surface area contributed by atoms with Crippen LogP contribution in [0.1, 0.15) is 41.0 Å². The van der Waals surface area contributed by atoms with Crippen LogP contribution in [0.3, 0.4) is 0 Å². The predicted octanol–water partition coefficient (Wildman–Crippen LogP) is 5.04. The van der Waals surface area contributed by atoms with Gasteiger partial charge in [0.05, 0.1) is 24.2 Å². The summed E-state index contributed by atoms with van der Waals surface area (Å²) < 4.78 is 55.3. The molecule has 0 radical (unpaired) electrons. The summed E-state index contributed by atoms with van der Waals surface area (Å²) in [6.45, 7) is 4.67. The topological polar surface area (TPSA) is 89.8 Å². The number of hydrogen-bond acceptors (Lipinski definition) is 6. The first-order chi connectivity index (χ1) is 18.3. The molecule has 0 fully saturated rings. The van der Waals surface area contributed by atoms with E-state index in [-0.39, 0.29) is 12.3 Å². The molecule has 0 spiro atoms. The number of methoxy groups -OCH3 is 1. The summed E-state index contributed by atoms with van der Waals surface area (Å²) in [6.07, 6.45) is -4.88. The Morgan fingerprint density at radius 3 is 2.03 bits per heavy atom. The number of aliphatic carboxylic acids is 1. The molecule has 39 heavy (non-hydrogen) atoms. The minimum absolute atomic E-state index is 0.206. The van der Waals surface area contributed by atoms with Gasteiger partial charge in [-0.05, 0) is 74.9 Å². The number of ketones is 1. The molecule has 3 aromatic carbocycles. The SMILES string of the molecule is COc1ccc(C(=O)c2c(C)n(Cc3ccc(OC(C)(C)C(=O)[O-])cc3)c3cc(OC(F)(F)F)ccc23)cc1. The van der Waals surface area contributed by atoms with Crippen LogP contribution in [0.25, 0.3) is 10.9 Å². The van der Waals surface area contributed by atoms with Crippen LogP contribution in [0.4, 0.5) is 13.2 Å². The van der Waals surface area contributed by atoms with E-state index >= 15 is 0 Å². The fourth-order valence-corrected chi connectivity index (χ4v) is 4.21. The number of ether oxygens (including phenoxy) is 3. The lowest BCUT2D eigenvalue weighted by Crippen LogP contribution is -2.47. The number of carboxylic acid groups (broad SMARTS) is 1. The minimum Gasteiger partial charge on any atom is -0.546 e. The van der Waals surface area contributed by atoms with Crippen LogP contribution in [0.2, 0.25) is 0 Å². The monoisotopic (exact) mass is 540 g/mol. The molecule has 204 valence electrons. The number of carboxylic acids is 1. The molecule has 1 aromatic heterocycles. The van der Waals surface area contributed by atoms with E-state index in [0.717, 1.165) is 5.56 Å². The smallest absolute Gasteiger partial charge is 0.546 e. The Hall–Kier alpha value is -4.47. The van der Waals surface area contributed by atoms with Crippen molar-refractivity contribution in [3.05, 3.63) is 89.1 Å². The molecule has 0 aliphatic carbocycles. The summed E-state index contributed by atoms with van der Waals surface area (Å²) in [5.41, 5.74) is 0.868. The van der Waals surface area contributed by atoms with Crippen LogP contribution in [-0.4, -0.2) is 35.4 Å². The van der Waals surface area contributed by atoms with E-state index in [9.17, 15) is 27.9 Å². The number of hydrogen-bond donors (Lipinski definition) is 0. The number of benzene rings is 3. The summed E-state index contributed by atoms with van der Waals surface area (Å²) >= 11 is 0. The molecule has 4 rings (SSSR count).